The number of fused-ring (bicyclic) bond motifs is 1. The van der Waals surface area contributed by atoms with Crippen LogP contribution in [0.1, 0.15) is 16.0 Å². The molecule has 1 aliphatic heterocycles. The van der Waals surface area contributed by atoms with Gasteiger partial charge in [-0.05, 0) is 35.1 Å². The molecule has 0 atom stereocenters. The fourth-order valence-electron chi connectivity index (χ4n) is 2.24. The van der Waals surface area contributed by atoms with E-state index in [9.17, 15) is 8.42 Å². The van der Waals surface area contributed by atoms with Crippen molar-refractivity contribution in [1.29, 1.82) is 0 Å². The number of hydrogen-bond donors (Lipinski definition) is 1. The van der Waals surface area contributed by atoms with E-state index < -0.39 is 10.0 Å². The summed E-state index contributed by atoms with van der Waals surface area (Å²) in [4.78, 5) is 5.31. The summed E-state index contributed by atoms with van der Waals surface area (Å²) in [5.74, 6) is 0. The van der Waals surface area contributed by atoms with Crippen LogP contribution in [-0.2, 0) is 29.5 Å². The second-order valence-corrected chi connectivity index (χ2v) is 7.55. The van der Waals surface area contributed by atoms with Crippen molar-refractivity contribution in [3.63, 3.8) is 0 Å². The summed E-state index contributed by atoms with van der Waals surface area (Å²) in [5.41, 5.74) is 7.42. The zero-order valence-electron chi connectivity index (χ0n) is 10.8. The van der Waals surface area contributed by atoms with Crippen molar-refractivity contribution in [1.82, 2.24) is 9.29 Å². The minimum atomic E-state index is -3.52. The summed E-state index contributed by atoms with van der Waals surface area (Å²) in [6.07, 6.45) is 2.29. The fourth-order valence-corrected chi connectivity index (χ4v) is 4.47. The minimum Gasteiger partial charge on any atom is -0.326 e. The van der Waals surface area contributed by atoms with Crippen LogP contribution in [-0.4, -0.2) is 24.3 Å². The van der Waals surface area contributed by atoms with Gasteiger partial charge in [-0.15, -0.1) is 11.3 Å². The molecule has 0 radical (unpaired) electrons. The smallest absolute Gasteiger partial charge is 0.260 e. The SMILES string of the molecule is NCc1ccc(S(=O)(=O)N2CCc3sccc3C2)nc1. The molecular formula is C13H15N3O2S2. The van der Waals surface area contributed by atoms with Crippen molar-refractivity contribution in [2.24, 2.45) is 5.73 Å². The first kappa shape index (κ1) is 13.7. The van der Waals surface area contributed by atoms with Crippen molar-refractivity contribution >= 4 is 21.4 Å². The van der Waals surface area contributed by atoms with Crippen LogP contribution in [0.3, 0.4) is 0 Å². The van der Waals surface area contributed by atoms with E-state index in [-0.39, 0.29) is 5.03 Å². The lowest BCUT2D eigenvalue weighted by Gasteiger charge is -2.25. The molecule has 0 unspecified atom stereocenters. The van der Waals surface area contributed by atoms with Crippen LogP contribution in [0.4, 0.5) is 0 Å². The van der Waals surface area contributed by atoms with Gasteiger partial charge in [0.15, 0.2) is 5.03 Å². The van der Waals surface area contributed by atoms with Crippen LogP contribution in [0.2, 0.25) is 0 Å². The molecule has 5 nitrogen and oxygen atoms in total. The van der Waals surface area contributed by atoms with Crippen molar-refractivity contribution in [3.8, 4) is 0 Å². The Morgan fingerprint density at radius 3 is 2.90 bits per heavy atom. The second-order valence-electron chi connectivity index (χ2n) is 4.67. The average molecular weight is 309 g/mol. The van der Waals surface area contributed by atoms with E-state index in [4.69, 9.17) is 5.73 Å². The van der Waals surface area contributed by atoms with Crippen molar-refractivity contribution in [2.45, 2.75) is 24.5 Å². The lowest BCUT2D eigenvalue weighted by Crippen LogP contribution is -2.35. The van der Waals surface area contributed by atoms with Gasteiger partial charge < -0.3 is 5.73 Å². The molecule has 1 aliphatic rings. The molecule has 2 aromatic heterocycles. The van der Waals surface area contributed by atoms with Gasteiger partial charge in [-0.3, -0.25) is 0 Å². The van der Waals surface area contributed by atoms with E-state index in [1.807, 2.05) is 11.4 Å². The zero-order valence-corrected chi connectivity index (χ0v) is 12.5. The highest BCUT2D eigenvalue weighted by atomic mass is 32.2. The van der Waals surface area contributed by atoms with Crippen LogP contribution in [0, 0.1) is 0 Å². The molecule has 0 aromatic carbocycles. The van der Waals surface area contributed by atoms with Crippen LogP contribution >= 0.6 is 11.3 Å². The van der Waals surface area contributed by atoms with Crippen LogP contribution < -0.4 is 5.73 Å². The summed E-state index contributed by atoms with van der Waals surface area (Å²) in [6, 6.07) is 5.23. The Kier molecular flexibility index (Phi) is 3.59. The highest BCUT2D eigenvalue weighted by Gasteiger charge is 2.29. The Hall–Kier alpha value is -1.28. The van der Waals surface area contributed by atoms with E-state index in [1.165, 1.54) is 21.4 Å². The maximum absolute atomic E-state index is 12.6. The standard InChI is InChI=1S/C13H15N3O2S2/c14-7-10-1-2-13(15-8-10)20(17,18)16-5-3-12-11(9-16)4-6-19-12/h1-2,4,6,8H,3,5,7,9,14H2. The third-order valence-corrected chi connectivity index (χ3v) is 6.19. The Morgan fingerprint density at radius 2 is 2.20 bits per heavy atom. The Labute approximate surface area is 122 Å². The number of aromatic nitrogens is 1. The van der Waals surface area contributed by atoms with Crippen LogP contribution in [0.5, 0.6) is 0 Å². The number of nitrogens with two attached hydrogens (primary N) is 1. The zero-order chi connectivity index (χ0) is 14.2. The summed E-state index contributed by atoms with van der Waals surface area (Å²) >= 11 is 1.69. The minimum absolute atomic E-state index is 0.0911. The van der Waals surface area contributed by atoms with E-state index in [0.29, 0.717) is 19.6 Å². The maximum atomic E-state index is 12.6. The quantitative estimate of drug-likeness (QED) is 0.928. The third-order valence-electron chi connectivity index (χ3n) is 3.41. The molecule has 0 saturated heterocycles. The predicted molar refractivity (Wildman–Crippen MR) is 77.7 cm³/mol. The largest absolute Gasteiger partial charge is 0.326 e. The molecule has 0 amide bonds. The van der Waals surface area contributed by atoms with E-state index in [1.54, 1.807) is 17.4 Å². The van der Waals surface area contributed by atoms with Gasteiger partial charge in [-0.2, -0.15) is 4.31 Å². The van der Waals surface area contributed by atoms with Crippen LogP contribution in [0.25, 0.3) is 0 Å². The van der Waals surface area contributed by atoms with E-state index in [0.717, 1.165) is 17.5 Å². The van der Waals surface area contributed by atoms with Gasteiger partial charge in [-0.25, -0.2) is 13.4 Å². The van der Waals surface area contributed by atoms with E-state index in [2.05, 4.69) is 4.98 Å². The molecule has 2 aromatic rings. The number of pyridine rings is 1. The Bertz CT molecular complexity index is 707. The number of rotatable bonds is 3. The molecular weight excluding hydrogens is 294 g/mol. The number of nitrogens with zero attached hydrogens (tertiary/aromatic N) is 2. The normalized spacial score (nSPS) is 16.1. The van der Waals surface area contributed by atoms with Gasteiger partial charge in [0.25, 0.3) is 10.0 Å². The molecule has 0 bridgehead atoms. The Morgan fingerprint density at radius 1 is 1.35 bits per heavy atom. The molecule has 3 rings (SSSR count). The molecule has 7 heteroatoms. The molecule has 20 heavy (non-hydrogen) atoms. The molecule has 0 saturated carbocycles. The first-order chi connectivity index (χ1) is 9.61. The van der Waals surface area contributed by atoms with Gasteiger partial charge in [-0.1, -0.05) is 6.07 Å². The average Bonchev–Trinajstić information content (AvgIpc) is 2.94. The van der Waals surface area contributed by atoms with E-state index >= 15 is 0 Å². The number of hydrogen-bond acceptors (Lipinski definition) is 5. The highest BCUT2D eigenvalue weighted by molar-refractivity contribution is 7.89. The van der Waals surface area contributed by atoms with Crippen molar-refractivity contribution < 1.29 is 8.42 Å². The van der Waals surface area contributed by atoms with Gasteiger partial charge in [0.2, 0.25) is 0 Å². The molecule has 0 fully saturated rings. The highest BCUT2D eigenvalue weighted by Crippen LogP contribution is 2.27. The molecule has 0 spiro atoms. The lowest BCUT2D eigenvalue weighted by molar-refractivity contribution is 0.392. The van der Waals surface area contributed by atoms with Crippen molar-refractivity contribution in [2.75, 3.05) is 6.54 Å². The molecule has 3 heterocycles. The Balaban J connectivity index is 1.88. The second kappa shape index (κ2) is 5.25. The topological polar surface area (TPSA) is 76.3 Å². The summed E-state index contributed by atoms with van der Waals surface area (Å²) < 4.78 is 26.6. The third kappa shape index (κ3) is 2.37. The monoisotopic (exact) mass is 309 g/mol. The lowest BCUT2D eigenvalue weighted by atomic mass is 10.1. The fraction of sp³-hybridized carbons (Fsp3) is 0.308. The molecule has 106 valence electrons. The number of sulfonamides is 1. The molecule has 0 aliphatic carbocycles. The summed E-state index contributed by atoms with van der Waals surface area (Å²) in [6.45, 7) is 1.30. The van der Waals surface area contributed by atoms with Gasteiger partial charge in [0.05, 0.1) is 0 Å². The van der Waals surface area contributed by atoms with Crippen molar-refractivity contribution in [3.05, 3.63) is 45.8 Å². The number of thiophene rings is 1. The first-order valence-corrected chi connectivity index (χ1v) is 8.63. The van der Waals surface area contributed by atoms with Gasteiger partial charge in [0, 0.05) is 30.7 Å². The summed E-state index contributed by atoms with van der Waals surface area (Å²) in [5, 5.41) is 2.10. The first-order valence-electron chi connectivity index (χ1n) is 6.31. The van der Waals surface area contributed by atoms with Gasteiger partial charge >= 0.3 is 0 Å². The summed E-state index contributed by atoms with van der Waals surface area (Å²) in [7, 11) is -3.52. The van der Waals surface area contributed by atoms with Gasteiger partial charge in [0.1, 0.15) is 0 Å². The van der Waals surface area contributed by atoms with Crippen LogP contribution in [0.15, 0.2) is 34.8 Å². The maximum Gasteiger partial charge on any atom is 0.260 e. The predicted octanol–water partition coefficient (Wildman–Crippen LogP) is 1.35. The molecule has 2 N–H and O–H groups in total.